The van der Waals surface area contributed by atoms with E-state index in [4.69, 9.17) is 38.5 Å². The Hall–Kier alpha value is 1.86. The zero-order chi connectivity index (χ0) is 9.00. The third-order valence-electron chi connectivity index (χ3n) is 0. The predicted molar refractivity (Wildman–Crippen MR) is 15.2 cm³/mol. The summed E-state index contributed by atoms with van der Waals surface area (Å²) in [5.41, 5.74) is 0. The summed E-state index contributed by atoms with van der Waals surface area (Å²) in [6.45, 7) is 0. The van der Waals surface area contributed by atoms with Gasteiger partial charge in [-0.15, -0.1) is 0 Å². The van der Waals surface area contributed by atoms with Crippen molar-refractivity contribution in [2.45, 2.75) is 0 Å². The molecular weight excluding hydrogens is 229 g/mol. The van der Waals surface area contributed by atoms with Gasteiger partial charge in [-0.3, -0.25) is 0 Å². The number of hydrogen-bond acceptors (Lipinski definition) is 8. The van der Waals surface area contributed by atoms with E-state index in [0.717, 1.165) is 0 Å². The first-order valence-electron chi connectivity index (χ1n) is 1.46. The fraction of sp³-hybridized carbons (Fsp3) is 0. The first kappa shape index (κ1) is 18.6. The Kier molecular flexibility index (Phi) is 12.3. The van der Waals surface area contributed by atoms with E-state index in [1.165, 1.54) is 0 Å². The maximum atomic E-state index is 8.55. The fourth-order valence-electron chi connectivity index (χ4n) is 0. The molecule has 0 N–H and O–H groups in total. The molecule has 64 valence electrons. The van der Waals surface area contributed by atoms with Crippen LogP contribution in [0.5, 0.6) is 0 Å². The largest absolute Gasteiger partial charge is 1.00 e. The Morgan fingerprint density at radius 1 is 0.636 bits per heavy atom. The van der Waals surface area contributed by atoms with Gasteiger partial charge < -0.3 is 38.5 Å². The molecule has 0 radical (unpaired) electrons. The molecule has 0 atom stereocenters. The number of rotatable bonds is 0. The van der Waals surface area contributed by atoms with Gasteiger partial charge in [0.1, 0.15) is 0 Å². The van der Waals surface area contributed by atoms with E-state index in [0.29, 0.717) is 0 Å². The van der Waals surface area contributed by atoms with Crippen molar-refractivity contribution in [3.8, 4) is 0 Å². The van der Waals surface area contributed by atoms with Crippen LogP contribution in [0.3, 0.4) is 0 Å². The smallest absolute Gasteiger partial charge is 0.822 e. The molecule has 0 amide bonds. The van der Waals surface area contributed by atoms with Crippen molar-refractivity contribution in [3.63, 3.8) is 0 Å². The van der Waals surface area contributed by atoms with E-state index >= 15 is 0 Å². The molecule has 0 heterocycles. The average Bonchev–Trinajstić information content (AvgIpc) is 1.12. The van der Waals surface area contributed by atoms with Gasteiger partial charge in [-0.05, 0) is 0 Å². The predicted octanol–water partition coefficient (Wildman–Crippen LogP) is -8.65. The van der Waals surface area contributed by atoms with Crippen LogP contribution >= 0.6 is 15.6 Å². The van der Waals surface area contributed by atoms with Crippen molar-refractivity contribution in [2.24, 2.45) is 0 Å². The molecule has 0 saturated heterocycles. The molecule has 0 fully saturated rings. The van der Waals surface area contributed by atoms with Gasteiger partial charge in [0.05, 0.1) is 0 Å². The fourth-order valence-corrected chi connectivity index (χ4v) is 0. The molecule has 0 aromatic heterocycles. The molecule has 0 bridgehead atoms. The standard InChI is InChI=1S/K.2H3O4P/c;2*1-5(2,3)4/h;2*(H3,1,2,3,4)/q+1;;/p-6. The normalized spacial score (nSPS) is 10.7. The summed E-state index contributed by atoms with van der Waals surface area (Å²) in [4.78, 5) is 51.3. The second-order valence-corrected chi connectivity index (χ2v) is 2.68. The Labute approximate surface area is 104 Å². The Morgan fingerprint density at radius 2 is 0.636 bits per heavy atom. The van der Waals surface area contributed by atoms with Gasteiger partial charge in [0.2, 0.25) is 0 Å². The summed E-state index contributed by atoms with van der Waals surface area (Å²) in [7, 11) is -10.8. The molecule has 0 aromatic rings. The Bertz CT molecular complexity index is 124. The molecule has 0 unspecified atom stereocenters. The summed E-state index contributed by atoms with van der Waals surface area (Å²) in [5.74, 6) is 0. The van der Waals surface area contributed by atoms with E-state index in [1.54, 1.807) is 0 Å². The molecule has 0 aromatic carbocycles. The van der Waals surface area contributed by atoms with Crippen molar-refractivity contribution in [1.82, 2.24) is 0 Å². The number of phosphoric acid groups is 2. The van der Waals surface area contributed by atoms with Crippen LogP contribution in [-0.2, 0) is 9.13 Å². The summed E-state index contributed by atoms with van der Waals surface area (Å²) >= 11 is 0. The first-order valence-corrected chi connectivity index (χ1v) is 4.38. The van der Waals surface area contributed by atoms with E-state index < -0.39 is 15.6 Å². The maximum absolute atomic E-state index is 8.55. The van der Waals surface area contributed by atoms with Crippen molar-refractivity contribution < 1.29 is 89.9 Å². The van der Waals surface area contributed by atoms with E-state index in [-0.39, 0.29) is 51.4 Å². The zero-order valence-corrected chi connectivity index (χ0v) is 10.1. The van der Waals surface area contributed by atoms with Gasteiger partial charge >= 0.3 is 51.4 Å². The minimum atomic E-state index is -5.39. The van der Waals surface area contributed by atoms with Crippen LogP contribution in [0.15, 0.2) is 0 Å². The topological polar surface area (TPSA) is 172 Å². The van der Waals surface area contributed by atoms with E-state index in [9.17, 15) is 0 Å². The van der Waals surface area contributed by atoms with Crippen molar-refractivity contribution >= 4 is 15.6 Å². The van der Waals surface area contributed by atoms with Crippen LogP contribution in [0.4, 0.5) is 0 Å². The number of hydrogen-bond donors (Lipinski definition) is 0. The zero-order valence-electron chi connectivity index (χ0n) is 5.16. The molecule has 0 saturated carbocycles. The van der Waals surface area contributed by atoms with Gasteiger partial charge in [-0.25, -0.2) is 0 Å². The van der Waals surface area contributed by atoms with E-state index in [1.807, 2.05) is 0 Å². The summed E-state index contributed by atoms with van der Waals surface area (Å²) in [6, 6.07) is 0. The molecule has 8 nitrogen and oxygen atoms in total. The van der Waals surface area contributed by atoms with Gasteiger partial charge in [-0.2, -0.15) is 15.6 Å². The molecule has 11 heteroatoms. The second-order valence-electron chi connectivity index (χ2n) is 0.894. The first-order chi connectivity index (χ1) is 4.00. The molecular formula is KO8P2-5. The van der Waals surface area contributed by atoms with Gasteiger partial charge in [0.15, 0.2) is 0 Å². The second kappa shape index (κ2) is 7.28. The minimum Gasteiger partial charge on any atom is -0.822 e. The SMILES string of the molecule is O=P([O-])([O-])[O-].O=P([O-])([O-])[O-].[K+]. The minimum absolute atomic E-state index is 0. The quantitative estimate of drug-likeness (QED) is 0.290. The van der Waals surface area contributed by atoms with Crippen molar-refractivity contribution in [2.75, 3.05) is 0 Å². The molecule has 0 aliphatic heterocycles. The molecule has 11 heavy (non-hydrogen) atoms. The Morgan fingerprint density at radius 3 is 0.636 bits per heavy atom. The van der Waals surface area contributed by atoms with Gasteiger partial charge in [0.25, 0.3) is 0 Å². The average molecular weight is 229 g/mol. The van der Waals surface area contributed by atoms with Crippen LogP contribution < -0.4 is 80.7 Å². The third kappa shape index (κ3) is 334. The summed E-state index contributed by atoms with van der Waals surface area (Å²) in [6.07, 6.45) is 0. The van der Waals surface area contributed by atoms with Crippen LogP contribution in [0.25, 0.3) is 0 Å². The summed E-state index contributed by atoms with van der Waals surface area (Å²) < 4.78 is 17.1. The van der Waals surface area contributed by atoms with Crippen molar-refractivity contribution in [1.29, 1.82) is 0 Å². The van der Waals surface area contributed by atoms with Crippen molar-refractivity contribution in [3.05, 3.63) is 0 Å². The Balaban J connectivity index is -0.000000107. The molecule has 0 rings (SSSR count). The van der Waals surface area contributed by atoms with Gasteiger partial charge in [0, 0.05) is 0 Å². The van der Waals surface area contributed by atoms with Crippen LogP contribution in [0.2, 0.25) is 0 Å². The maximum Gasteiger partial charge on any atom is 1.00 e. The van der Waals surface area contributed by atoms with Crippen LogP contribution in [-0.4, -0.2) is 0 Å². The molecule has 0 spiro atoms. The van der Waals surface area contributed by atoms with Crippen LogP contribution in [0.1, 0.15) is 0 Å². The molecule has 0 aliphatic rings. The third-order valence-corrected chi connectivity index (χ3v) is 0. The summed E-state index contributed by atoms with van der Waals surface area (Å²) in [5, 5.41) is 0. The van der Waals surface area contributed by atoms with E-state index in [2.05, 4.69) is 0 Å². The molecule has 0 aliphatic carbocycles. The van der Waals surface area contributed by atoms with Gasteiger partial charge in [-0.1, -0.05) is 0 Å². The monoisotopic (exact) mass is 229 g/mol. The van der Waals surface area contributed by atoms with Crippen LogP contribution in [0, 0.1) is 0 Å².